The van der Waals surface area contributed by atoms with E-state index in [0.717, 1.165) is 0 Å². The molecule has 2 nitrogen and oxygen atoms in total. The second kappa shape index (κ2) is 4.21. The van der Waals surface area contributed by atoms with E-state index in [-0.39, 0.29) is 0 Å². The van der Waals surface area contributed by atoms with E-state index in [1.165, 1.54) is 0 Å². The van der Waals surface area contributed by atoms with Crippen LogP contribution in [0.4, 0.5) is 0 Å². The Morgan fingerprint density at radius 2 is 2.33 bits per heavy atom. The maximum Gasteiger partial charge on any atom is 0.211 e. The van der Waals surface area contributed by atoms with Crippen molar-refractivity contribution >= 4 is 6.41 Å². The fourth-order valence-electron chi connectivity index (χ4n) is 0.136. The molecule has 0 radical (unpaired) electrons. The normalized spacial score (nSPS) is 8.83. The van der Waals surface area contributed by atoms with Crippen LogP contribution in [-0.4, -0.2) is 6.41 Å². The van der Waals surface area contributed by atoms with E-state index >= 15 is 0 Å². The number of nitrogens with one attached hydrogen (secondary N) is 1. The lowest BCUT2D eigenvalue weighted by Gasteiger charge is -1.74. The molecule has 34 valence electrons. The highest BCUT2D eigenvalue weighted by atomic mass is 16.1. The van der Waals surface area contributed by atoms with Crippen molar-refractivity contribution in [2.24, 2.45) is 0 Å². The van der Waals surface area contributed by atoms with Crippen LogP contribution in [0.3, 0.4) is 0 Å². The quantitative estimate of drug-likeness (QED) is 0.479. The maximum atomic E-state index is 9.40. The Hall–Kier alpha value is -0.790. The van der Waals surface area contributed by atoms with Gasteiger partial charge in [0.1, 0.15) is 0 Å². The highest BCUT2D eigenvalue weighted by Crippen LogP contribution is 1.54. The largest absolute Gasteiger partial charge is 0.336 e. The molecule has 0 aliphatic heterocycles. The molecule has 0 atom stereocenters. The minimum Gasteiger partial charge on any atom is -0.336 e. The van der Waals surface area contributed by atoms with Crippen LogP contribution in [0.5, 0.6) is 0 Å². The lowest BCUT2D eigenvalue weighted by Crippen LogP contribution is -1.97. The fraction of sp³-hybridized carbons (Fsp3) is 0.250. The van der Waals surface area contributed by atoms with Gasteiger partial charge in [0.05, 0.1) is 0 Å². The maximum absolute atomic E-state index is 9.40. The van der Waals surface area contributed by atoms with Gasteiger partial charge in [0.15, 0.2) is 0 Å². The monoisotopic (exact) mass is 85.1 g/mol. The zero-order valence-electron chi connectivity index (χ0n) is 3.64. The molecule has 0 rings (SSSR count). The third kappa shape index (κ3) is 3.21. The molecule has 0 bridgehead atoms. The summed E-state index contributed by atoms with van der Waals surface area (Å²) >= 11 is 0. The Morgan fingerprint density at radius 1 is 1.67 bits per heavy atom. The lowest BCUT2D eigenvalue weighted by molar-refractivity contribution is -0.108. The zero-order valence-corrected chi connectivity index (χ0v) is 3.64. The van der Waals surface area contributed by atoms with Crippen molar-refractivity contribution in [1.29, 1.82) is 0 Å². The number of carbonyl (C=O) groups is 1. The average Bonchev–Trinajstić information content (AvgIpc) is 1.61. The molecule has 1 N–H and O–H groups in total. The molecule has 0 saturated heterocycles. The summed E-state index contributed by atoms with van der Waals surface area (Å²) in [5.41, 5.74) is 0. The molecule has 2 heteroatoms. The lowest BCUT2D eigenvalue weighted by atomic mass is 10.7. The van der Waals surface area contributed by atoms with Gasteiger partial charge in [0.2, 0.25) is 6.41 Å². The van der Waals surface area contributed by atoms with Gasteiger partial charge in [0.25, 0.3) is 0 Å². The van der Waals surface area contributed by atoms with Gasteiger partial charge >= 0.3 is 0 Å². The van der Waals surface area contributed by atoms with Crippen LogP contribution in [0.2, 0.25) is 0 Å². The molecule has 0 aliphatic rings. The minimum atomic E-state index is 0.625. The number of rotatable bonds is 2. The molecule has 0 aromatic rings. The van der Waals surface area contributed by atoms with E-state index in [9.17, 15) is 4.79 Å². The summed E-state index contributed by atoms with van der Waals surface area (Å²) in [7, 11) is 0. The molecule has 0 aromatic heterocycles. The summed E-state index contributed by atoms with van der Waals surface area (Å²) in [4.78, 5) is 9.40. The van der Waals surface area contributed by atoms with Crippen LogP contribution in [0.1, 0.15) is 6.92 Å². The molecule has 0 aromatic carbocycles. The van der Waals surface area contributed by atoms with Crippen LogP contribution in [0.25, 0.3) is 0 Å². The Labute approximate surface area is 36.9 Å². The highest BCUT2D eigenvalue weighted by molar-refractivity contribution is 5.47. The Bertz CT molecular complexity index is 58.6. The molecule has 0 saturated carbocycles. The zero-order chi connectivity index (χ0) is 4.83. The minimum absolute atomic E-state index is 0.625. The van der Waals surface area contributed by atoms with Gasteiger partial charge in [-0.25, -0.2) is 0 Å². The smallest absolute Gasteiger partial charge is 0.211 e. The predicted molar refractivity (Wildman–Crippen MR) is 24.0 cm³/mol. The standard InChI is InChI=1S/C4H7NO/c1-2-3-5-4-6/h2-4H,1H3,(H,5,6). The Morgan fingerprint density at radius 3 is 2.50 bits per heavy atom. The number of hydrogen-bond acceptors (Lipinski definition) is 1. The van der Waals surface area contributed by atoms with Crippen LogP contribution >= 0.6 is 0 Å². The second-order valence-corrected chi connectivity index (χ2v) is 0.785. The highest BCUT2D eigenvalue weighted by Gasteiger charge is 1.55. The molecule has 1 amide bonds. The van der Waals surface area contributed by atoms with Gasteiger partial charge in [-0.1, -0.05) is 6.08 Å². The second-order valence-electron chi connectivity index (χ2n) is 0.785. The molecule has 0 unspecified atom stereocenters. The SMILES string of the molecule is CC=CNC=O. The Kier molecular flexibility index (Phi) is 3.66. The molecule has 0 spiro atoms. The molecule has 0 heterocycles. The third-order valence-electron chi connectivity index (χ3n) is 0.331. The van der Waals surface area contributed by atoms with Crippen LogP contribution in [0, 0.1) is 0 Å². The van der Waals surface area contributed by atoms with E-state index in [1.807, 2.05) is 6.92 Å². The van der Waals surface area contributed by atoms with E-state index < -0.39 is 0 Å². The van der Waals surface area contributed by atoms with Crippen LogP contribution < -0.4 is 5.32 Å². The van der Waals surface area contributed by atoms with E-state index in [1.54, 1.807) is 12.3 Å². The molecular formula is C4H7NO. The molecule has 0 aliphatic carbocycles. The molecule has 0 fully saturated rings. The molecule has 6 heavy (non-hydrogen) atoms. The van der Waals surface area contributed by atoms with Gasteiger partial charge in [0, 0.05) is 0 Å². The first-order valence-electron chi connectivity index (χ1n) is 1.72. The van der Waals surface area contributed by atoms with Gasteiger partial charge in [-0.3, -0.25) is 4.79 Å². The third-order valence-corrected chi connectivity index (χ3v) is 0.331. The fourth-order valence-corrected chi connectivity index (χ4v) is 0.136. The van der Waals surface area contributed by atoms with Gasteiger partial charge in [-0.05, 0) is 13.1 Å². The summed E-state index contributed by atoms with van der Waals surface area (Å²) in [5, 5.41) is 2.34. The number of allylic oxidation sites excluding steroid dienone is 1. The van der Waals surface area contributed by atoms with Crippen molar-refractivity contribution in [3.8, 4) is 0 Å². The van der Waals surface area contributed by atoms with Gasteiger partial charge in [-0.2, -0.15) is 0 Å². The first kappa shape index (κ1) is 5.21. The average molecular weight is 85.1 g/mol. The predicted octanol–water partition coefficient (Wildman–Crippen LogP) is 0.266. The van der Waals surface area contributed by atoms with E-state index in [0.29, 0.717) is 6.41 Å². The van der Waals surface area contributed by atoms with Crippen molar-refractivity contribution in [3.05, 3.63) is 12.3 Å². The van der Waals surface area contributed by atoms with Crippen LogP contribution in [0.15, 0.2) is 12.3 Å². The number of hydrogen-bond donors (Lipinski definition) is 1. The van der Waals surface area contributed by atoms with Gasteiger partial charge in [-0.15, -0.1) is 0 Å². The van der Waals surface area contributed by atoms with Gasteiger partial charge < -0.3 is 5.32 Å². The Balaban J connectivity index is 2.85. The van der Waals surface area contributed by atoms with Crippen molar-refractivity contribution in [2.75, 3.05) is 0 Å². The van der Waals surface area contributed by atoms with E-state index in [2.05, 4.69) is 5.32 Å². The van der Waals surface area contributed by atoms with Crippen molar-refractivity contribution < 1.29 is 4.79 Å². The van der Waals surface area contributed by atoms with Crippen molar-refractivity contribution in [3.63, 3.8) is 0 Å². The first-order valence-corrected chi connectivity index (χ1v) is 1.72. The van der Waals surface area contributed by atoms with Crippen molar-refractivity contribution in [1.82, 2.24) is 5.32 Å². The number of amides is 1. The summed E-state index contributed by atoms with van der Waals surface area (Å²) in [5.74, 6) is 0. The van der Waals surface area contributed by atoms with Crippen molar-refractivity contribution in [2.45, 2.75) is 6.92 Å². The first-order chi connectivity index (χ1) is 2.91. The number of carbonyl (C=O) groups excluding carboxylic acids is 1. The summed E-state index contributed by atoms with van der Waals surface area (Å²) in [6, 6.07) is 0. The summed E-state index contributed by atoms with van der Waals surface area (Å²) < 4.78 is 0. The van der Waals surface area contributed by atoms with Crippen LogP contribution in [-0.2, 0) is 4.79 Å². The van der Waals surface area contributed by atoms with E-state index in [4.69, 9.17) is 0 Å². The molecular weight excluding hydrogens is 78.0 g/mol. The summed E-state index contributed by atoms with van der Waals surface area (Å²) in [6.07, 6.45) is 3.93. The summed E-state index contributed by atoms with van der Waals surface area (Å²) in [6.45, 7) is 1.83. The topological polar surface area (TPSA) is 29.1 Å².